The SMILES string of the molecule is NCCCCCCOC1OC(CO)C(O)C(O)C1NC(=O)CF. The van der Waals surface area contributed by atoms with Crippen molar-refractivity contribution in [2.24, 2.45) is 5.73 Å². The molecule has 0 aromatic rings. The average Bonchev–Trinajstić information content (AvgIpc) is 2.56. The molecule has 0 spiro atoms. The zero-order valence-electron chi connectivity index (χ0n) is 13.1. The van der Waals surface area contributed by atoms with Gasteiger partial charge in [-0.1, -0.05) is 12.8 Å². The van der Waals surface area contributed by atoms with E-state index in [9.17, 15) is 19.4 Å². The first kappa shape index (κ1) is 20.2. The number of rotatable bonds is 10. The topological polar surface area (TPSA) is 134 Å². The molecule has 0 saturated carbocycles. The highest BCUT2D eigenvalue weighted by Gasteiger charge is 2.45. The number of carbonyl (C=O) groups excluding carboxylic acids is 1. The summed E-state index contributed by atoms with van der Waals surface area (Å²) in [5, 5.41) is 31.3. The van der Waals surface area contributed by atoms with Crippen LogP contribution in [0.5, 0.6) is 0 Å². The minimum atomic E-state index is -1.43. The largest absolute Gasteiger partial charge is 0.394 e. The van der Waals surface area contributed by atoms with Crippen LogP contribution in [0.2, 0.25) is 0 Å². The highest BCUT2D eigenvalue weighted by atomic mass is 19.1. The van der Waals surface area contributed by atoms with E-state index < -0.39 is 49.8 Å². The van der Waals surface area contributed by atoms with Crippen molar-refractivity contribution in [1.29, 1.82) is 0 Å². The van der Waals surface area contributed by atoms with Gasteiger partial charge in [-0.15, -0.1) is 0 Å². The van der Waals surface area contributed by atoms with Gasteiger partial charge in [-0.2, -0.15) is 0 Å². The van der Waals surface area contributed by atoms with Crippen LogP contribution in [0.25, 0.3) is 0 Å². The molecule has 5 atom stereocenters. The van der Waals surface area contributed by atoms with Crippen molar-refractivity contribution in [3.63, 3.8) is 0 Å². The Morgan fingerprint density at radius 3 is 2.52 bits per heavy atom. The van der Waals surface area contributed by atoms with Gasteiger partial charge in [-0.05, 0) is 19.4 Å². The maximum atomic E-state index is 12.4. The van der Waals surface area contributed by atoms with Crippen LogP contribution >= 0.6 is 0 Å². The second-order valence-corrected chi connectivity index (χ2v) is 5.51. The average molecular weight is 338 g/mol. The van der Waals surface area contributed by atoms with E-state index in [0.29, 0.717) is 13.2 Å². The molecule has 1 aliphatic heterocycles. The van der Waals surface area contributed by atoms with E-state index in [1.807, 2.05) is 0 Å². The number of aliphatic hydroxyl groups is 3. The number of ether oxygens (including phenoxy) is 2. The lowest BCUT2D eigenvalue weighted by atomic mass is 9.97. The van der Waals surface area contributed by atoms with Gasteiger partial charge in [0.2, 0.25) is 0 Å². The molecule has 1 heterocycles. The van der Waals surface area contributed by atoms with Crippen LogP contribution in [0.3, 0.4) is 0 Å². The minimum absolute atomic E-state index is 0.304. The first-order valence-electron chi connectivity index (χ1n) is 7.84. The van der Waals surface area contributed by atoms with E-state index in [-0.39, 0.29) is 0 Å². The molecule has 5 unspecified atom stereocenters. The second kappa shape index (κ2) is 10.8. The Labute approximate surface area is 134 Å². The summed E-state index contributed by atoms with van der Waals surface area (Å²) in [7, 11) is 0. The summed E-state index contributed by atoms with van der Waals surface area (Å²) in [6.45, 7) is -0.836. The minimum Gasteiger partial charge on any atom is -0.394 e. The molecule has 1 aliphatic rings. The Balaban J connectivity index is 2.56. The first-order chi connectivity index (χ1) is 11.0. The lowest BCUT2D eigenvalue weighted by Gasteiger charge is -2.42. The number of halogens is 1. The molecule has 1 fully saturated rings. The third-order valence-corrected chi connectivity index (χ3v) is 3.71. The quantitative estimate of drug-likeness (QED) is 0.303. The van der Waals surface area contributed by atoms with Crippen molar-refractivity contribution in [3.05, 3.63) is 0 Å². The van der Waals surface area contributed by atoms with Crippen molar-refractivity contribution >= 4 is 5.91 Å². The highest BCUT2D eigenvalue weighted by molar-refractivity contribution is 5.77. The number of nitrogens with one attached hydrogen (secondary N) is 1. The Morgan fingerprint density at radius 2 is 1.91 bits per heavy atom. The van der Waals surface area contributed by atoms with Crippen LogP contribution in [0.4, 0.5) is 4.39 Å². The number of aliphatic hydroxyl groups excluding tert-OH is 3. The van der Waals surface area contributed by atoms with Gasteiger partial charge in [0.25, 0.3) is 5.91 Å². The fraction of sp³-hybridized carbons (Fsp3) is 0.929. The van der Waals surface area contributed by atoms with Crippen molar-refractivity contribution in [2.75, 3.05) is 26.4 Å². The monoisotopic (exact) mass is 338 g/mol. The van der Waals surface area contributed by atoms with Crippen molar-refractivity contribution < 1.29 is 34.0 Å². The summed E-state index contributed by atoms with van der Waals surface area (Å²) in [6.07, 6.45) is -1.43. The van der Waals surface area contributed by atoms with Crippen LogP contribution < -0.4 is 11.1 Å². The van der Waals surface area contributed by atoms with E-state index in [1.165, 1.54) is 0 Å². The van der Waals surface area contributed by atoms with E-state index in [4.69, 9.17) is 20.3 Å². The molecule has 1 rings (SSSR count). The number of alkyl halides is 1. The van der Waals surface area contributed by atoms with Gasteiger partial charge < -0.3 is 35.8 Å². The second-order valence-electron chi connectivity index (χ2n) is 5.51. The van der Waals surface area contributed by atoms with Gasteiger partial charge in [0.1, 0.15) is 24.4 Å². The molecule has 0 bridgehead atoms. The number of amides is 1. The Bertz CT molecular complexity index is 349. The van der Waals surface area contributed by atoms with Crippen molar-refractivity contribution in [2.45, 2.75) is 56.3 Å². The van der Waals surface area contributed by atoms with Gasteiger partial charge in [-0.25, -0.2) is 4.39 Å². The fourth-order valence-corrected chi connectivity index (χ4v) is 2.40. The third-order valence-electron chi connectivity index (χ3n) is 3.71. The van der Waals surface area contributed by atoms with E-state index in [2.05, 4.69) is 5.32 Å². The van der Waals surface area contributed by atoms with E-state index in [1.54, 1.807) is 0 Å². The molecular weight excluding hydrogens is 311 g/mol. The summed E-state index contributed by atoms with van der Waals surface area (Å²) in [6, 6.07) is -1.11. The predicted octanol–water partition coefficient (Wildman–Crippen LogP) is -1.58. The van der Waals surface area contributed by atoms with Crippen molar-refractivity contribution in [3.8, 4) is 0 Å². The van der Waals surface area contributed by atoms with Crippen LogP contribution in [0.15, 0.2) is 0 Å². The van der Waals surface area contributed by atoms with Crippen LogP contribution in [-0.4, -0.2) is 78.3 Å². The van der Waals surface area contributed by atoms with E-state index >= 15 is 0 Å². The molecule has 9 heteroatoms. The molecule has 23 heavy (non-hydrogen) atoms. The molecule has 0 radical (unpaired) electrons. The predicted molar refractivity (Wildman–Crippen MR) is 79.1 cm³/mol. The molecule has 1 amide bonds. The zero-order valence-corrected chi connectivity index (χ0v) is 13.1. The number of unbranched alkanes of at least 4 members (excludes halogenated alkanes) is 3. The van der Waals surface area contributed by atoms with Crippen LogP contribution in [0.1, 0.15) is 25.7 Å². The molecule has 1 saturated heterocycles. The number of nitrogens with two attached hydrogens (primary N) is 1. The summed E-state index contributed by atoms with van der Waals surface area (Å²) < 4.78 is 23.2. The molecular formula is C14H27FN2O6. The summed E-state index contributed by atoms with van der Waals surface area (Å²) >= 11 is 0. The zero-order chi connectivity index (χ0) is 17.2. The van der Waals surface area contributed by atoms with E-state index in [0.717, 1.165) is 25.7 Å². The lowest BCUT2D eigenvalue weighted by molar-refractivity contribution is -0.270. The maximum Gasteiger partial charge on any atom is 0.251 e. The molecule has 8 nitrogen and oxygen atoms in total. The summed E-state index contributed by atoms with van der Waals surface area (Å²) in [5.74, 6) is -0.941. The normalized spacial score (nSPS) is 31.1. The number of carbonyl (C=O) groups is 1. The highest BCUT2D eigenvalue weighted by Crippen LogP contribution is 2.22. The number of hydrogen-bond donors (Lipinski definition) is 5. The standard InChI is InChI=1S/C14H27FN2O6/c15-7-10(19)17-11-13(21)12(20)9(8-18)23-14(11)22-6-4-2-1-3-5-16/h9,11-14,18,20-21H,1-8,16H2,(H,17,19). The molecule has 136 valence electrons. The van der Waals surface area contributed by atoms with Gasteiger partial charge >= 0.3 is 0 Å². The Hall–Kier alpha value is -0.840. The Morgan fingerprint density at radius 1 is 1.22 bits per heavy atom. The Kier molecular flexibility index (Phi) is 9.53. The van der Waals surface area contributed by atoms with Crippen molar-refractivity contribution in [1.82, 2.24) is 5.32 Å². The molecule has 0 aromatic carbocycles. The summed E-state index contributed by atoms with van der Waals surface area (Å²) in [4.78, 5) is 11.2. The molecule has 0 aromatic heterocycles. The maximum absolute atomic E-state index is 12.4. The first-order valence-corrected chi connectivity index (χ1v) is 7.84. The van der Waals surface area contributed by atoms with Gasteiger partial charge in [0.15, 0.2) is 13.0 Å². The fourth-order valence-electron chi connectivity index (χ4n) is 2.40. The van der Waals surface area contributed by atoms with Crippen LogP contribution in [-0.2, 0) is 14.3 Å². The van der Waals surface area contributed by atoms with Crippen LogP contribution in [0, 0.1) is 0 Å². The smallest absolute Gasteiger partial charge is 0.251 e. The molecule has 6 N–H and O–H groups in total. The van der Waals surface area contributed by atoms with Gasteiger partial charge in [-0.3, -0.25) is 4.79 Å². The number of hydrogen-bond acceptors (Lipinski definition) is 7. The lowest BCUT2D eigenvalue weighted by Crippen LogP contribution is -2.65. The van der Waals surface area contributed by atoms with Gasteiger partial charge in [0, 0.05) is 6.61 Å². The summed E-state index contributed by atoms with van der Waals surface area (Å²) in [5.41, 5.74) is 5.40. The molecule has 0 aliphatic carbocycles. The third kappa shape index (κ3) is 6.28. The van der Waals surface area contributed by atoms with Gasteiger partial charge in [0.05, 0.1) is 6.61 Å².